The van der Waals surface area contributed by atoms with Gasteiger partial charge in [0.05, 0.1) is 24.0 Å². The van der Waals surface area contributed by atoms with Gasteiger partial charge in [0.2, 0.25) is 0 Å². The van der Waals surface area contributed by atoms with Crippen LogP contribution in [0.2, 0.25) is 10.0 Å². The monoisotopic (exact) mass is 462 g/mol. The number of hydrogen-bond donors (Lipinski definition) is 0. The van der Waals surface area contributed by atoms with Crippen molar-refractivity contribution in [3.63, 3.8) is 0 Å². The van der Waals surface area contributed by atoms with E-state index in [1.165, 1.54) is 24.1 Å². The second kappa shape index (κ2) is 9.73. The zero-order valence-electron chi connectivity index (χ0n) is 15.1. The van der Waals surface area contributed by atoms with Crippen molar-refractivity contribution in [1.29, 1.82) is 0 Å². The quantitative estimate of drug-likeness (QED) is 0.224. The maximum atomic E-state index is 6.18. The molecule has 0 radical (unpaired) electrons. The van der Waals surface area contributed by atoms with Crippen LogP contribution in [0.3, 0.4) is 0 Å². The van der Waals surface area contributed by atoms with Crippen molar-refractivity contribution in [3.05, 3.63) is 95.0 Å². The van der Waals surface area contributed by atoms with E-state index in [0.29, 0.717) is 21.6 Å². The van der Waals surface area contributed by atoms with Crippen LogP contribution in [0.15, 0.2) is 73.8 Å². The van der Waals surface area contributed by atoms with Crippen LogP contribution in [0.5, 0.6) is 0 Å². The first kappa shape index (κ1) is 20.4. The van der Waals surface area contributed by atoms with Crippen molar-refractivity contribution >= 4 is 47.3 Å². The first-order chi connectivity index (χ1) is 14.2. The summed E-state index contributed by atoms with van der Waals surface area (Å²) in [4.78, 5) is 8.22. The predicted octanol–water partition coefficient (Wildman–Crippen LogP) is 6.38. The lowest BCUT2D eigenvalue weighted by molar-refractivity contribution is 0.754. The number of halogens is 2. The zero-order valence-corrected chi connectivity index (χ0v) is 18.3. The summed E-state index contributed by atoms with van der Waals surface area (Å²) in [7, 11) is 0. The Bertz CT molecular complexity index is 987. The van der Waals surface area contributed by atoms with E-state index in [0.717, 1.165) is 22.5 Å². The van der Waals surface area contributed by atoms with E-state index in [2.05, 4.69) is 9.97 Å². The molecule has 0 N–H and O–H groups in total. The van der Waals surface area contributed by atoms with E-state index in [-0.39, 0.29) is 0 Å². The van der Waals surface area contributed by atoms with Crippen molar-refractivity contribution in [2.75, 3.05) is 0 Å². The van der Waals surface area contributed by atoms with Crippen molar-refractivity contribution < 1.29 is 3.63 Å². The second-order valence-corrected chi connectivity index (χ2v) is 8.54. The Hall–Kier alpha value is -1.90. The highest BCUT2D eigenvalue weighted by Gasteiger charge is 2.09. The van der Waals surface area contributed by atoms with Gasteiger partial charge < -0.3 is 9.13 Å². The summed E-state index contributed by atoms with van der Waals surface area (Å²) in [5, 5.41) is 1.39. The van der Waals surface area contributed by atoms with Crippen LogP contribution in [-0.4, -0.2) is 19.1 Å². The molecule has 0 atom stereocenters. The third-order valence-electron chi connectivity index (χ3n) is 4.17. The van der Waals surface area contributed by atoms with Gasteiger partial charge in [-0.15, -0.1) is 0 Å². The van der Waals surface area contributed by atoms with Crippen LogP contribution in [-0.2, 0) is 15.1 Å². The minimum Gasteiger partial charge on any atom is -0.306 e. The number of nitrogens with zero attached hydrogens (tertiary/aromatic N) is 4. The van der Waals surface area contributed by atoms with Gasteiger partial charge in [-0.1, -0.05) is 23.2 Å². The van der Waals surface area contributed by atoms with Crippen LogP contribution in [0.25, 0.3) is 11.4 Å². The summed E-state index contributed by atoms with van der Waals surface area (Å²) in [5.74, 6) is 1.32. The first-order valence-corrected chi connectivity index (χ1v) is 11.2. The molecule has 0 aliphatic rings. The maximum Gasteiger partial charge on any atom is 0.0991 e. The lowest BCUT2D eigenvalue weighted by Gasteiger charge is -2.11. The van der Waals surface area contributed by atoms with Gasteiger partial charge >= 0.3 is 0 Å². The highest BCUT2D eigenvalue weighted by atomic mass is 35.5. The highest BCUT2D eigenvalue weighted by molar-refractivity contribution is 8.07. The maximum absolute atomic E-state index is 6.18. The van der Waals surface area contributed by atoms with Crippen molar-refractivity contribution in [3.8, 4) is 11.4 Å². The van der Waals surface area contributed by atoms with Gasteiger partial charge in [-0.05, 0) is 47.5 Å². The summed E-state index contributed by atoms with van der Waals surface area (Å²) in [5.41, 5.74) is 4.21. The molecule has 0 saturated heterocycles. The topological polar surface area (TPSA) is 44.9 Å². The van der Waals surface area contributed by atoms with E-state index < -0.39 is 0 Å². The average Bonchev–Trinajstić information content (AvgIpc) is 3.42. The van der Waals surface area contributed by atoms with Gasteiger partial charge in [0.15, 0.2) is 0 Å². The summed E-state index contributed by atoms with van der Waals surface area (Å²) in [6.07, 6.45) is 10.8. The van der Waals surface area contributed by atoms with Crippen LogP contribution in [0.1, 0.15) is 11.1 Å². The number of benzene rings is 2. The molecule has 4 rings (SSSR count). The molecule has 29 heavy (non-hydrogen) atoms. The van der Waals surface area contributed by atoms with Crippen LogP contribution in [0, 0.1) is 0 Å². The lowest BCUT2D eigenvalue weighted by atomic mass is 10.2. The molecule has 0 fully saturated rings. The van der Waals surface area contributed by atoms with Gasteiger partial charge in [-0.2, -0.15) is 0 Å². The molecule has 0 spiro atoms. The molecule has 2 heterocycles. The fourth-order valence-electron chi connectivity index (χ4n) is 2.86. The predicted molar refractivity (Wildman–Crippen MR) is 121 cm³/mol. The number of rotatable bonds is 8. The van der Waals surface area contributed by atoms with E-state index in [9.17, 15) is 0 Å². The largest absolute Gasteiger partial charge is 0.306 e. The molecule has 2 aromatic heterocycles. The number of hydrogen-bond acceptors (Lipinski definition) is 5. The summed E-state index contributed by atoms with van der Waals surface area (Å²) >= 11 is 15.1. The Morgan fingerprint density at radius 2 is 1.24 bits per heavy atom. The Balaban J connectivity index is 1.37. The SMILES string of the molecule is Clc1ccc(-n2ccnc2)c(CSOSCc2cc(Cl)ccc2-n2ccnc2)c1. The standard InChI is InChI=1S/C20H16Cl2N4OS2/c21-17-1-3-19(25-7-5-23-13-25)15(9-17)11-28-27-29-12-16-10-18(22)2-4-20(16)26-8-6-24-14-26/h1-10,13-14H,11-12H2. The Kier molecular flexibility index (Phi) is 6.84. The summed E-state index contributed by atoms with van der Waals surface area (Å²) in [6.45, 7) is 0. The summed E-state index contributed by atoms with van der Waals surface area (Å²) < 4.78 is 9.69. The molecule has 0 amide bonds. The average molecular weight is 463 g/mol. The molecule has 0 bridgehead atoms. The van der Waals surface area contributed by atoms with E-state index in [1.807, 2.05) is 57.9 Å². The molecular formula is C20H16Cl2N4OS2. The third kappa shape index (κ3) is 5.18. The normalized spacial score (nSPS) is 11.1. The van der Waals surface area contributed by atoms with Crippen molar-refractivity contribution in [2.45, 2.75) is 11.5 Å². The molecule has 0 saturated carbocycles. The Morgan fingerprint density at radius 1 is 0.759 bits per heavy atom. The van der Waals surface area contributed by atoms with E-state index in [1.54, 1.807) is 25.0 Å². The number of aromatic nitrogens is 4. The minimum atomic E-state index is 0.658. The van der Waals surface area contributed by atoms with Crippen molar-refractivity contribution in [2.24, 2.45) is 0 Å². The molecule has 2 aromatic carbocycles. The second-order valence-electron chi connectivity index (χ2n) is 6.08. The molecule has 9 heteroatoms. The van der Waals surface area contributed by atoms with Crippen LogP contribution < -0.4 is 0 Å². The molecule has 0 aliphatic heterocycles. The molecule has 5 nitrogen and oxygen atoms in total. The van der Waals surface area contributed by atoms with Crippen LogP contribution in [0.4, 0.5) is 0 Å². The lowest BCUT2D eigenvalue weighted by Crippen LogP contribution is -1.97. The fourth-order valence-corrected chi connectivity index (χ4v) is 4.62. The Morgan fingerprint density at radius 3 is 1.66 bits per heavy atom. The van der Waals surface area contributed by atoms with Gasteiger partial charge in [-0.3, -0.25) is 0 Å². The fraction of sp³-hybridized carbons (Fsp3) is 0.100. The zero-order chi connectivity index (χ0) is 20.1. The van der Waals surface area contributed by atoms with E-state index >= 15 is 0 Å². The summed E-state index contributed by atoms with van der Waals surface area (Å²) in [6, 6.07) is 11.6. The first-order valence-electron chi connectivity index (χ1n) is 8.65. The smallest absolute Gasteiger partial charge is 0.0991 e. The van der Waals surface area contributed by atoms with Crippen molar-refractivity contribution in [1.82, 2.24) is 19.1 Å². The minimum absolute atomic E-state index is 0.658. The molecule has 148 valence electrons. The number of imidazole rings is 2. The Labute approximate surface area is 187 Å². The van der Waals surface area contributed by atoms with Gasteiger partial charge in [-0.25, -0.2) is 13.6 Å². The van der Waals surface area contributed by atoms with Gasteiger partial charge in [0.1, 0.15) is 0 Å². The van der Waals surface area contributed by atoms with Gasteiger partial charge in [0.25, 0.3) is 0 Å². The van der Waals surface area contributed by atoms with E-state index in [4.69, 9.17) is 26.8 Å². The third-order valence-corrected chi connectivity index (χ3v) is 6.27. The molecular weight excluding hydrogens is 447 g/mol. The molecule has 4 aromatic rings. The van der Waals surface area contributed by atoms with Gasteiger partial charge in [0, 0.05) is 70.4 Å². The van der Waals surface area contributed by atoms with Crippen LogP contribution >= 0.6 is 47.3 Å². The molecule has 0 unspecified atom stereocenters. The highest BCUT2D eigenvalue weighted by Crippen LogP contribution is 2.30. The molecule has 0 aliphatic carbocycles.